The third kappa shape index (κ3) is 4.01. The molecule has 2 aromatic rings. The van der Waals surface area contributed by atoms with E-state index in [1.54, 1.807) is 12.1 Å². The molecule has 0 N–H and O–H groups in total. The normalized spacial score (nSPS) is 31.2. The minimum Gasteiger partial charge on any atom is -0.207 e. The third-order valence-electron chi connectivity index (χ3n) is 9.60. The molecule has 0 aromatic heterocycles. The summed E-state index contributed by atoms with van der Waals surface area (Å²) < 4.78 is 13.6. The first-order valence-corrected chi connectivity index (χ1v) is 13.8. The summed E-state index contributed by atoms with van der Waals surface area (Å²) in [7, 11) is 0. The van der Waals surface area contributed by atoms with Gasteiger partial charge in [0.15, 0.2) is 0 Å². The van der Waals surface area contributed by atoms with Crippen LogP contribution < -0.4 is 0 Å². The quantitative estimate of drug-likeness (QED) is 0.379. The van der Waals surface area contributed by atoms with E-state index in [9.17, 15) is 4.39 Å². The summed E-state index contributed by atoms with van der Waals surface area (Å²) in [5, 5.41) is 9.44. The lowest BCUT2D eigenvalue weighted by molar-refractivity contribution is 0.293. The second-order valence-electron chi connectivity index (χ2n) is 11.7. The van der Waals surface area contributed by atoms with Gasteiger partial charge in [-0.05, 0) is 81.5 Å². The Hall–Kier alpha value is -2.81. The Bertz CT molecular complexity index is 1180. The minimum absolute atomic E-state index is 0.126. The number of hydrogen-bond acceptors (Lipinski definition) is 2. The molecule has 2 fully saturated rings. The van der Waals surface area contributed by atoms with Crippen molar-refractivity contribution in [3.05, 3.63) is 95.3 Å². The molecule has 3 aliphatic carbocycles. The number of aryl methyl sites for hydroxylation is 1. The molecule has 186 valence electrons. The predicted octanol–water partition coefficient (Wildman–Crippen LogP) is 8.58. The molecule has 3 unspecified atom stereocenters. The maximum absolute atomic E-state index is 13.6. The lowest BCUT2D eigenvalue weighted by Gasteiger charge is -2.35. The van der Waals surface area contributed by atoms with Gasteiger partial charge in [0.2, 0.25) is 0 Å². The summed E-state index contributed by atoms with van der Waals surface area (Å²) in [6.07, 6.45) is 19.0. The second kappa shape index (κ2) is 9.25. The molecule has 0 radical (unpaired) electrons. The SMILES string of the molecule is CC1=NN=C(C2CCC(CCCC(c3ccc(C)cc3)c3ccc(F)cc3)CC2)C23C=CC=CC12C3. The Morgan fingerprint density at radius 3 is 2.17 bits per heavy atom. The molecule has 0 spiro atoms. The van der Waals surface area contributed by atoms with Crippen LogP contribution in [0.15, 0.2) is 83.0 Å². The average molecular weight is 481 g/mol. The first kappa shape index (κ1) is 23.6. The van der Waals surface area contributed by atoms with Crippen molar-refractivity contribution in [2.24, 2.45) is 32.9 Å². The van der Waals surface area contributed by atoms with Crippen LogP contribution in [-0.4, -0.2) is 11.4 Å². The van der Waals surface area contributed by atoms with Crippen molar-refractivity contribution in [3.63, 3.8) is 0 Å². The summed E-state index contributed by atoms with van der Waals surface area (Å²) in [5.41, 5.74) is 6.63. The fraction of sp³-hybridized carbons (Fsp3) is 0.455. The van der Waals surface area contributed by atoms with Crippen LogP contribution in [0, 0.1) is 35.4 Å². The summed E-state index contributed by atoms with van der Waals surface area (Å²) in [6.45, 7) is 4.28. The molecule has 1 aliphatic heterocycles. The largest absolute Gasteiger partial charge is 0.207 e. The van der Waals surface area contributed by atoms with Crippen molar-refractivity contribution < 1.29 is 4.39 Å². The number of rotatable bonds is 7. The van der Waals surface area contributed by atoms with E-state index in [0.717, 1.165) is 18.8 Å². The first-order chi connectivity index (χ1) is 17.5. The van der Waals surface area contributed by atoms with Crippen LogP contribution in [0.3, 0.4) is 0 Å². The zero-order valence-corrected chi connectivity index (χ0v) is 21.6. The number of halogens is 1. The van der Waals surface area contributed by atoms with Crippen LogP contribution in [0.4, 0.5) is 4.39 Å². The summed E-state index contributed by atoms with van der Waals surface area (Å²) >= 11 is 0. The summed E-state index contributed by atoms with van der Waals surface area (Å²) in [6, 6.07) is 16.0. The average Bonchev–Trinajstić information content (AvgIpc) is 3.62. The van der Waals surface area contributed by atoms with Crippen molar-refractivity contribution in [1.82, 2.24) is 0 Å². The second-order valence-corrected chi connectivity index (χ2v) is 11.7. The molecular weight excluding hydrogens is 443 g/mol. The molecule has 2 aromatic carbocycles. The highest BCUT2D eigenvalue weighted by atomic mass is 19.1. The third-order valence-corrected chi connectivity index (χ3v) is 9.60. The van der Waals surface area contributed by atoms with Gasteiger partial charge in [-0.15, -0.1) is 0 Å². The van der Waals surface area contributed by atoms with E-state index in [1.165, 1.54) is 66.6 Å². The fourth-order valence-corrected chi connectivity index (χ4v) is 7.33. The molecule has 0 bridgehead atoms. The number of nitrogens with zero attached hydrogens (tertiary/aromatic N) is 2. The van der Waals surface area contributed by atoms with Crippen LogP contribution in [0.1, 0.15) is 80.9 Å². The Balaban J connectivity index is 1.07. The van der Waals surface area contributed by atoms with Crippen LogP contribution >= 0.6 is 0 Å². The maximum Gasteiger partial charge on any atom is 0.123 e. The smallest absolute Gasteiger partial charge is 0.123 e. The Kier molecular flexibility index (Phi) is 6.06. The number of hydrogen-bond donors (Lipinski definition) is 0. The Morgan fingerprint density at radius 1 is 0.833 bits per heavy atom. The van der Waals surface area contributed by atoms with Crippen molar-refractivity contribution >= 4 is 11.4 Å². The van der Waals surface area contributed by atoms with E-state index >= 15 is 0 Å². The van der Waals surface area contributed by atoms with E-state index in [1.807, 2.05) is 12.1 Å². The lowest BCUT2D eigenvalue weighted by atomic mass is 9.70. The molecule has 0 saturated heterocycles. The zero-order chi connectivity index (χ0) is 24.8. The van der Waals surface area contributed by atoms with Gasteiger partial charge in [-0.1, -0.05) is 79.1 Å². The Morgan fingerprint density at radius 2 is 1.47 bits per heavy atom. The zero-order valence-electron chi connectivity index (χ0n) is 21.6. The monoisotopic (exact) mass is 480 g/mol. The highest BCUT2D eigenvalue weighted by Gasteiger charge is 2.71. The van der Waals surface area contributed by atoms with Gasteiger partial charge in [0.1, 0.15) is 5.82 Å². The van der Waals surface area contributed by atoms with E-state index in [-0.39, 0.29) is 16.6 Å². The minimum atomic E-state index is -0.163. The Labute approximate surface area is 215 Å². The summed E-state index contributed by atoms with van der Waals surface area (Å²) in [4.78, 5) is 0. The van der Waals surface area contributed by atoms with Crippen LogP contribution in [0.2, 0.25) is 0 Å². The van der Waals surface area contributed by atoms with E-state index in [4.69, 9.17) is 5.10 Å². The van der Waals surface area contributed by atoms with Gasteiger partial charge in [0, 0.05) is 28.4 Å². The van der Waals surface area contributed by atoms with Crippen LogP contribution in [0.25, 0.3) is 0 Å². The van der Waals surface area contributed by atoms with Gasteiger partial charge < -0.3 is 0 Å². The maximum atomic E-state index is 13.6. The van der Waals surface area contributed by atoms with Crippen molar-refractivity contribution in [3.8, 4) is 0 Å². The van der Waals surface area contributed by atoms with Crippen molar-refractivity contribution in [1.29, 1.82) is 0 Å². The molecule has 2 nitrogen and oxygen atoms in total. The van der Waals surface area contributed by atoms with Gasteiger partial charge >= 0.3 is 0 Å². The molecule has 6 rings (SSSR count). The van der Waals surface area contributed by atoms with Gasteiger partial charge in [0.05, 0.1) is 5.71 Å². The number of benzene rings is 2. The van der Waals surface area contributed by atoms with E-state index in [2.05, 4.69) is 67.5 Å². The first-order valence-electron chi connectivity index (χ1n) is 13.8. The topological polar surface area (TPSA) is 24.7 Å². The molecule has 3 heteroatoms. The van der Waals surface area contributed by atoms with Gasteiger partial charge in [-0.2, -0.15) is 10.2 Å². The lowest BCUT2D eigenvalue weighted by Crippen LogP contribution is -2.36. The van der Waals surface area contributed by atoms with Gasteiger partial charge in [0.25, 0.3) is 0 Å². The van der Waals surface area contributed by atoms with Crippen LogP contribution in [-0.2, 0) is 0 Å². The van der Waals surface area contributed by atoms with Crippen LogP contribution in [0.5, 0.6) is 0 Å². The molecule has 3 atom stereocenters. The fourth-order valence-electron chi connectivity index (χ4n) is 7.33. The standard InChI is InChI=1S/C33H37FN2/c1-23-8-12-26(13-9-23)30(27-16-18-29(34)19-17-27)7-5-6-25-10-14-28(15-11-25)31-33-21-4-3-20-32(33,22-33)24(2)35-36-31/h3-4,8-9,12-13,16-21,25,28,30H,5-7,10-11,14-15,22H2,1-2H3. The highest BCUT2D eigenvalue weighted by Crippen LogP contribution is 2.71. The molecular formula is C33H37FN2. The van der Waals surface area contributed by atoms with Crippen molar-refractivity contribution in [2.75, 3.05) is 0 Å². The molecule has 36 heavy (non-hydrogen) atoms. The van der Waals surface area contributed by atoms with E-state index in [0.29, 0.717) is 11.8 Å². The molecule has 1 heterocycles. The number of allylic oxidation sites excluding steroid dienone is 4. The van der Waals surface area contributed by atoms with Gasteiger partial charge in [-0.3, -0.25) is 0 Å². The van der Waals surface area contributed by atoms with E-state index < -0.39 is 0 Å². The predicted molar refractivity (Wildman–Crippen MR) is 147 cm³/mol. The van der Waals surface area contributed by atoms with Crippen molar-refractivity contribution in [2.45, 2.75) is 71.1 Å². The molecule has 0 amide bonds. The molecule has 4 aliphatic rings. The highest BCUT2D eigenvalue weighted by molar-refractivity contribution is 6.10. The summed E-state index contributed by atoms with van der Waals surface area (Å²) in [5.74, 6) is 1.54. The van der Waals surface area contributed by atoms with Gasteiger partial charge in [-0.25, -0.2) is 4.39 Å². The molecule has 2 saturated carbocycles.